The topological polar surface area (TPSA) is 59.1 Å². The van der Waals surface area contributed by atoms with Gasteiger partial charge in [-0.3, -0.25) is 9.59 Å². The van der Waals surface area contributed by atoms with E-state index in [9.17, 15) is 9.59 Å². The number of quaternary nitrogens is 2. The Labute approximate surface area is 204 Å². The van der Waals surface area contributed by atoms with E-state index in [1.807, 2.05) is 0 Å². The second-order valence-electron chi connectivity index (χ2n) is 9.40. The molecule has 32 heavy (non-hydrogen) atoms. The van der Waals surface area contributed by atoms with Crippen LogP contribution in [0.5, 0.6) is 0 Å². The number of hydrogen-bond donors (Lipinski definition) is 0. The molecule has 2 amide bonds. The SMILES string of the molecule is [2H]C([2H])([2H])[N+]1(CCC(=O)N(C)CCCCCCN(C)C(=O)CC[N+]2(C([2H])([2H])[2H])CCOCC2)CCOCC1. The van der Waals surface area contributed by atoms with Crippen molar-refractivity contribution in [3.8, 4) is 0 Å². The van der Waals surface area contributed by atoms with Gasteiger partial charge < -0.3 is 28.2 Å². The van der Waals surface area contributed by atoms with Crippen molar-refractivity contribution in [2.24, 2.45) is 0 Å². The van der Waals surface area contributed by atoms with Gasteiger partial charge in [-0.05, 0) is 12.8 Å². The average molecular weight is 463 g/mol. The molecule has 2 aliphatic rings. The molecule has 0 N–H and O–H groups in total. The van der Waals surface area contributed by atoms with Gasteiger partial charge in [0.2, 0.25) is 11.8 Å². The molecule has 2 rings (SSSR count). The van der Waals surface area contributed by atoms with Crippen LogP contribution < -0.4 is 0 Å². The van der Waals surface area contributed by atoms with Crippen LogP contribution in [-0.2, 0) is 19.1 Å². The molecular formula is C24H48N4O4+2. The molecule has 0 aromatic carbocycles. The van der Waals surface area contributed by atoms with Gasteiger partial charge in [0.1, 0.15) is 26.2 Å². The number of rotatable bonds is 13. The lowest BCUT2D eigenvalue weighted by molar-refractivity contribution is -0.916. The third-order valence-corrected chi connectivity index (χ3v) is 6.75. The number of carbonyl (C=O) groups is 2. The normalized spacial score (nSPS) is 23.6. The standard InChI is InChI=1S/C24H48N4O4/c1-25(23(29)9-13-27(3)15-19-31-20-16-27)11-7-5-6-8-12-26(2)24(30)10-14-28(4)17-21-32-22-18-28/h5-22H2,1-4H3/q+2/i3D3,4D3. The summed E-state index contributed by atoms with van der Waals surface area (Å²) in [5.74, 6) is -0.0809. The van der Waals surface area contributed by atoms with Gasteiger partial charge in [0.05, 0.1) is 74.5 Å². The number of unbranched alkanes of at least 4 members (excludes halogenated alkanes) is 3. The average Bonchev–Trinajstić information content (AvgIpc) is 2.87. The molecule has 0 aromatic heterocycles. The van der Waals surface area contributed by atoms with Crippen molar-refractivity contribution in [1.82, 2.24) is 9.80 Å². The second-order valence-corrected chi connectivity index (χ2v) is 9.40. The number of nitrogens with zero attached hydrogens (tertiary/aromatic N) is 4. The molecule has 2 aliphatic heterocycles. The van der Waals surface area contributed by atoms with Crippen LogP contribution in [0.3, 0.4) is 0 Å². The van der Waals surface area contributed by atoms with Crippen molar-refractivity contribution < 1.29 is 36.3 Å². The minimum atomic E-state index is -2.15. The quantitative estimate of drug-likeness (QED) is 0.305. The first-order chi connectivity index (χ1) is 17.7. The molecule has 8 nitrogen and oxygen atoms in total. The van der Waals surface area contributed by atoms with E-state index in [0.717, 1.165) is 25.7 Å². The highest BCUT2D eigenvalue weighted by molar-refractivity contribution is 5.76. The summed E-state index contributed by atoms with van der Waals surface area (Å²) < 4.78 is 58.1. The van der Waals surface area contributed by atoms with Crippen LogP contribution >= 0.6 is 0 Å². The second kappa shape index (κ2) is 13.5. The third kappa shape index (κ3) is 9.73. The zero-order chi connectivity index (χ0) is 28.5. The molecule has 0 radical (unpaired) electrons. The fourth-order valence-corrected chi connectivity index (χ4v) is 4.13. The number of amides is 2. The van der Waals surface area contributed by atoms with Gasteiger partial charge in [-0.1, -0.05) is 12.8 Å². The van der Waals surface area contributed by atoms with E-state index in [0.29, 0.717) is 78.8 Å². The number of morpholine rings is 2. The number of hydrogen-bond acceptors (Lipinski definition) is 4. The van der Waals surface area contributed by atoms with Crippen molar-refractivity contribution in [2.75, 3.05) is 107 Å². The Bertz CT molecular complexity index is 691. The molecule has 0 saturated carbocycles. The maximum absolute atomic E-state index is 12.6. The molecule has 2 fully saturated rings. The summed E-state index contributed by atoms with van der Waals surface area (Å²) in [5, 5.41) is 0. The van der Waals surface area contributed by atoms with Gasteiger partial charge in [-0.15, -0.1) is 0 Å². The fourth-order valence-electron chi connectivity index (χ4n) is 4.13. The van der Waals surface area contributed by atoms with E-state index in [-0.39, 0.29) is 33.6 Å². The highest BCUT2D eigenvalue weighted by Gasteiger charge is 2.27. The number of carbonyl (C=O) groups excluding carboxylic acids is 2. The van der Waals surface area contributed by atoms with Gasteiger partial charge in [0.25, 0.3) is 0 Å². The Hall–Kier alpha value is -1.22. The maximum atomic E-state index is 12.6. The molecule has 0 unspecified atom stereocenters. The van der Waals surface area contributed by atoms with E-state index >= 15 is 0 Å². The van der Waals surface area contributed by atoms with Gasteiger partial charge >= 0.3 is 0 Å². The van der Waals surface area contributed by atoms with E-state index in [1.165, 1.54) is 0 Å². The minimum Gasteiger partial charge on any atom is -0.370 e. The van der Waals surface area contributed by atoms with Crippen molar-refractivity contribution in [3.63, 3.8) is 0 Å². The first kappa shape index (κ1) is 19.1. The van der Waals surface area contributed by atoms with E-state index in [4.69, 9.17) is 17.7 Å². The van der Waals surface area contributed by atoms with Crippen LogP contribution in [0.1, 0.15) is 46.7 Å². The van der Waals surface area contributed by atoms with E-state index in [1.54, 1.807) is 23.9 Å². The van der Waals surface area contributed by atoms with Crippen LogP contribution in [0.2, 0.25) is 0 Å². The first-order valence-corrected chi connectivity index (χ1v) is 12.1. The van der Waals surface area contributed by atoms with Gasteiger partial charge in [-0.25, -0.2) is 0 Å². The summed E-state index contributed by atoms with van der Waals surface area (Å²) in [7, 11) is 3.52. The zero-order valence-electron chi connectivity index (χ0n) is 26.1. The lowest BCUT2D eigenvalue weighted by Crippen LogP contribution is -2.53. The van der Waals surface area contributed by atoms with Crippen molar-refractivity contribution in [2.45, 2.75) is 38.5 Å². The Morgan fingerprint density at radius 1 is 0.719 bits per heavy atom. The molecular weight excluding hydrogens is 408 g/mol. The fraction of sp³-hybridized carbons (Fsp3) is 0.917. The number of ether oxygens (including phenoxy) is 2. The van der Waals surface area contributed by atoms with Crippen LogP contribution in [0.25, 0.3) is 0 Å². The molecule has 8 heteroatoms. The Morgan fingerprint density at radius 2 is 1.09 bits per heavy atom. The molecule has 0 aliphatic carbocycles. The molecule has 0 atom stereocenters. The van der Waals surface area contributed by atoms with Gasteiger partial charge in [0.15, 0.2) is 0 Å². The van der Waals surface area contributed by atoms with Crippen LogP contribution in [-0.4, -0.2) is 137 Å². The predicted octanol–water partition coefficient (Wildman–Crippen LogP) is 1.20. The third-order valence-electron chi connectivity index (χ3n) is 6.75. The van der Waals surface area contributed by atoms with Crippen LogP contribution in [0.4, 0.5) is 0 Å². The minimum absolute atomic E-state index is 0.0404. The van der Waals surface area contributed by atoms with E-state index < -0.39 is 14.0 Å². The summed E-state index contributed by atoms with van der Waals surface area (Å²) in [6, 6.07) is 0. The molecule has 186 valence electrons. The van der Waals surface area contributed by atoms with Gasteiger partial charge in [-0.2, -0.15) is 0 Å². The number of likely N-dealkylation sites (N-methyl/N-ethyl adjacent to an activating group) is 2. The Balaban J connectivity index is 1.62. The predicted molar refractivity (Wildman–Crippen MR) is 126 cm³/mol. The van der Waals surface area contributed by atoms with Gasteiger partial charge in [0, 0.05) is 27.2 Å². The summed E-state index contributed by atoms with van der Waals surface area (Å²) in [5.41, 5.74) is 0. The summed E-state index contributed by atoms with van der Waals surface area (Å²) in [6.07, 6.45) is 3.94. The summed E-state index contributed by atoms with van der Waals surface area (Å²) in [4.78, 5) is 28.6. The Kier molecular flexibility index (Phi) is 8.06. The highest BCUT2D eigenvalue weighted by atomic mass is 16.5. The first-order valence-electron chi connectivity index (χ1n) is 15.1. The van der Waals surface area contributed by atoms with E-state index in [2.05, 4.69) is 0 Å². The van der Waals surface area contributed by atoms with Crippen molar-refractivity contribution in [1.29, 1.82) is 0 Å². The molecule has 2 heterocycles. The highest BCUT2D eigenvalue weighted by Crippen LogP contribution is 2.11. The van der Waals surface area contributed by atoms with Crippen molar-refractivity contribution >= 4 is 11.8 Å². The maximum Gasteiger partial charge on any atom is 0.227 e. The Morgan fingerprint density at radius 3 is 1.44 bits per heavy atom. The molecule has 2 saturated heterocycles. The van der Waals surface area contributed by atoms with Crippen LogP contribution in [0.15, 0.2) is 0 Å². The lowest BCUT2D eigenvalue weighted by Gasteiger charge is -2.37. The smallest absolute Gasteiger partial charge is 0.227 e. The summed E-state index contributed by atoms with van der Waals surface area (Å²) in [6.45, 7) is 0.731. The summed E-state index contributed by atoms with van der Waals surface area (Å²) >= 11 is 0. The monoisotopic (exact) mass is 462 g/mol. The lowest BCUT2D eigenvalue weighted by atomic mass is 10.1. The zero-order valence-corrected chi connectivity index (χ0v) is 20.1. The van der Waals surface area contributed by atoms with Crippen molar-refractivity contribution in [3.05, 3.63) is 0 Å². The van der Waals surface area contributed by atoms with Crippen LogP contribution in [0, 0.1) is 0 Å². The largest absolute Gasteiger partial charge is 0.370 e. The molecule has 0 bridgehead atoms. The molecule has 0 aromatic rings. The molecule has 0 spiro atoms.